The molecule has 1 aromatic rings. The van der Waals surface area contributed by atoms with Crippen molar-refractivity contribution >= 4 is 15.9 Å². The average molecular weight is 331 g/mol. The number of alkyl halides is 4. The van der Waals surface area contributed by atoms with Crippen molar-refractivity contribution in [2.45, 2.75) is 24.8 Å². The molecule has 0 aliphatic rings. The van der Waals surface area contributed by atoms with E-state index in [0.29, 0.717) is 17.5 Å². The zero-order valence-electron chi connectivity index (χ0n) is 9.09. The molecule has 0 fully saturated rings. The summed E-state index contributed by atoms with van der Waals surface area (Å²) in [7, 11) is 0. The van der Waals surface area contributed by atoms with E-state index in [1.807, 2.05) is 0 Å². The van der Waals surface area contributed by atoms with Crippen molar-refractivity contribution < 1.29 is 27.8 Å². The van der Waals surface area contributed by atoms with E-state index in [2.05, 4.69) is 15.9 Å². The third-order valence-electron chi connectivity index (χ3n) is 2.41. The summed E-state index contributed by atoms with van der Waals surface area (Å²) in [6.07, 6.45) is -7.36. The second-order valence-electron chi connectivity index (χ2n) is 3.73. The first kappa shape index (κ1) is 15.4. The van der Waals surface area contributed by atoms with Crippen LogP contribution in [-0.2, 0) is 6.18 Å². The fourth-order valence-corrected chi connectivity index (χ4v) is 1.90. The molecule has 0 heterocycles. The van der Waals surface area contributed by atoms with Crippen LogP contribution in [0.15, 0.2) is 18.2 Å². The lowest BCUT2D eigenvalue weighted by atomic mass is 10.00. The molecule has 7 heteroatoms. The maximum absolute atomic E-state index is 13.0. The van der Waals surface area contributed by atoms with E-state index in [4.69, 9.17) is 0 Å². The van der Waals surface area contributed by atoms with Crippen LogP contribution in [0, 0.1) is 5.82 Å². The van der Waals surface area contributed by atoms with Gasteiger partial charge < -0.3 is 10.2 Å². The lowest BCUT2D eigenvalue weighted by Crippen LogP contribution is -2.19. The Labute approximate surface area is 109 Å². The van der Waals surface area contributed by atoms with Gasteiger partial charge in [-0.2, -0.15) is 13.2 Å². The highest BCUT2D eigenvalue weighted by molar-refractivity contribution is 9.09. The van der Waals surface area contributed by atoms with Crippen LogP contribution in [0.25, 0.3) is 0 Å². The lowest BCUT2D eigenvalue weighted by Gasteiger charge is -2.18. The van der Waals surface area contributed by atoms with Crippen LogP contribution >= 0.6 is 15.9 Å². The number of aliphatic hydroxyl groups excluding tert-OH is 2. The first-order chi connectivity index (χ1) is 8.27. The lowest BCUT2D eigenvalue weighted by molar-refractivity contribution is -0.140. The third-order valence-corrected chi connectivity index (χ3v) is 2.86. The Morgan fingerprint density at radius 2 is 1.83 bits per heavy atom. The second-order valence-corrected chi connectivity index (χ2v) is 4.52. The van der Waals surface area contributed by atoms with Crippen LogP contribution in [0.5, 0.6) is 0 Å². The van der Waals surface area contributed by atoms with Crippen LogP contribution in [0.4, 0.5) is 17.6 Å². The molecule has 18 heavy (non-hydrogen) atoms. The van der Waals surface area contributed by atoms with Gasteiger partial charge in [0.25, 0.3) is 0 Å². The Hall–Kier alpha value is -0.660. The van der Waals surface area contributed by atoms with Crippen molar-refractivity contribution in [1.82, 2.24) is 0 Å². The number of rotatable bonds is 4. The minimum absolute atomic E-state index is 0.167. The summed E-state index contributed by atoms with van der Waals surface area (Å²) in [4.78, 5) is 0. The molecule has 1 rings (SSSR count). The first-order valence-corrected chi connectivity index (χ1v) is 6.18. The normalized spacial score (nSPS) is 15.5. The van der Waals surface area contributed by atoms with Crippen LogP contribution in [-0.4, -0.2) is 21.6 Å². The standard InChI is InChI=1S/C11H11BrF4O2/c12-4-3-9(17)10(18)6-1-2-8(13)7(5-6)11(14,15)16/h1-2,5,9-10,17-18H,3-4H2. The topological polar surface area (TPSA) is 40.5 Å². The maximum Gasteiger partial charge on any atom is 0.419 e. The maximum atomic E-state index is 13.0. The molecule has 0 amide bonds. The predicted octanol–water partition coefficient (Wildman–Crippen LogP) is 3.02. The van der Waals surface area contributed by atoms with E-state index in [1.165, 1.54) is 0 Å². The number of hydrogen-bond acceptors (Lipinski definition) is 2. The van der Waals surface area contributed by atoms with Crippen molar-refractivity contribution in [3.05, 3.63) is 35.1 Å². The van der Waals surface area contributed by atoms with Crippen LogP contribution in [0.2, 0.25) is 0 Å². The minimum Gasteiger partial charge on any atom is -0.390 e. The van der Waals surface area contributed by atoms with Gasteiger partial charge in [0.15, 0.2) is 0 Å². The van der Waals surface area contributed by atoms with Crippen molar-refractivity contribution in [2.24, 2.45) is 0 Å². The summed E-state index contributed by atoms with van der Waals surface area (Å²) >= 11 is 3.04. The number of aliphatic hydroxyl groups is 2. The van der Waals surface area contributed by atoms with Gasteiger partial charge in [-0.15, -0.1) is 0 Å². The zero-order valence-corrected chi connectivity index (χ0v) is 10.7. The quantitative estimate of drug-likeness (QED) is 0.658. The molecule has 0 saturated heterocycles. The predicted molar refractivity (Wildman–Crippen MR) is 60.8 cm³/mol. The van der Waals surface area contributed by atoms with Crippen LogP contribution in [0.3, 0.4) is 0 Å². The van der Waals surface area contributed by atoms with Gasteiger partial charge in [-0.25, -0.2) is 4.39 Å². The molecule has 102 valence electrons. The van der Waals surface area contributed by atoms with E-state index in [1.54, 1.807) is 0 Å². The molecule has 0 radical (unpaired) electrons. The van der Waals surface area contributed by atoms with Gasteiger partial charge in [0, 0.05) is 5.33 Å². The summed E-state index contributed by atoms with van der Waals surface area (Å²) in [6.45, 7) is 0. The van der Waals surface area contributed by atoms with Gasteiger partial charge in [0.05, 0.1) is 11.7 Å². The van der Waals surface area contributed by atoms with Gasteiger partial charge in [0.2, 0.25) is 0 Å². The van der Waals surface area contributed by atoms with Gasteiger partial charge in [-0.05, 0) is 24.1 Å². The zero-order chi connectivity index (χ0) is 13.9. The monoisotopic (exact) mass is 330 g/mol. The van der Waals surface area contributed by atoms with Crippen LogP contribution < -0.4 is 0 Å². The SMILES string of the molecule is OC(CCBr)C(O)c1ccc(F)c(C(F)(F)F)c1. The number of halogens is 5. The Kier molecular flexibility index (Phi) is 5.12. The highest BCUT2D eigenvalue weighted by Crippen LogP contribution is 2.33. The molecule has 0 bridgehead atoms. The molecule has 2 N–H and O–H groups in total. The summed E-state index contributed by atoms with van der Waals surface area (Å²) in [5, 5.41) is 19.5. The molecule has 1 aromatic carbocycles. The summed E-state index contributed by atoms with van der Waals surface area (Å²) in [6, 6.07) is 2.16. The number of benzene rings is 1. The summed E-state index contributed by atoms with van der Waals surface area (Å²) in [5.41, 5.74) is -1.62. The van der Waals surface area contributed by atoms with E-state index in [9.17, 15) is 27.8 Å². The van der Waals surface area contributed by atoms with Crippen molar-refractivity contribution in [2.75, 3.05) is 5.33 Å². The Morgan fingerprint density at radius 3 is 2.33 bits per heavy atom. The molecule has 0 aliphatic carbocycles. The number of hydrogen-bond donors (Lipinski definition) is 2. The Balaban J connectivity index is 3.05. The van der Waals surface area contributed by atoms with E-state index < -0.39 is 29.8 Å². The molecule has 0 aromatic heterocycles. The smallest absolute Gasteiger partial charge is 0.390 e. The average Bonchev–Trinajstić information content (AvgIpc) is 2.27. The second kappa shape index (κ2) is 5.99. The van der Waals surface area contributed by atoms with Crippen molar-refractivity contribution in [3.63, 3.8) is 0 Å². The molecule has 2 nitrogen and oxygen atoms in total. The summed E-state index contributed by atoms with van der Waals surface area (Å²) in [5.74, 6) is -1.41. The van der Waals surface area contributed by atoms with Gasteiger partial charge in [-0.3, -0.25) is 0 Å². The van der Waals surface area contributed by atoms with Gasteiger partial charge in [0.1, 0.15) is 11.9 Å². The van der Waals surface area contributed by atoms with E-state index in [0.717, 1.165) is 6.07 Å². The molecule has 0 saturated carbocycles. The van der Waals surface area contributed by atoms with Crippen molar-refractivity contribution in [1.29, 1.82) is 0 Å². The highest BCUT2D eigenvalue weighted by atomic mass is 79.9. The Bertz CT molecular complexity index is 409. The van der Waals surface area contributed by atoms with E-state index >= 15 is 0 Å². The highest BCUT2D eigenvalue weighted by Gasteiger charge is 2.35. The molecule has 0 aliphatic heterocycles. The van der Waals surface area contributed by atoms with Crippen LogP contribution in [0.1, 0.15) is 23.7 Å². The minimum atomic E-state index is -4.83. The molecule has 0 spiro atoms. The molecular formula is C11H11BrF4O2. The van der Waals surface area contributed by atoms with Crippen molar-refractivity contribution in [3.8, 4) is 0 Å². The molecule has 2 unspecified atom stereocenters. The molecular weight excluding hydrogens is 320 g/mol. The van der Waals surface area contributed by atoms with E-state index in [-0.39, 0.29) is 12.0 Å². The molecule has 2 atom stereocenters. The van der Waals surface area contributed by atoms with Gasteiger partial charge in [-0.1, -0.05) is 22.0 Å². The fraction of sp³-hybridized carbons (Fsp3) is 0.455. The largest absolute Gasteiger partial charge is 0.419 e. The third kappa shape index (κ3) is 3.66. The van der Waals surface area contributed by atoms with Gasteiger partial charge >= 0.3 is 6.18 Å². The first-order valence-electron chi connectivity index (χ1n) is 5.06. The summed E-state index contributed by atoms with van der Waals surface area (Å²) < 4.78 is 50.4. The Morgan fingerprint density at radius 1 is 1.22 bits per heavy atom. The fourth-order valence-electron chi connectivity index (χ4n) is 1.44.